The molecule has 0 N–H and O–H groups in total. The van der Waals surface area contributed by atoms with Crippen molar-refractivity contribution in [3.8, 4) is 11.5 Å². The monoisotopic (exact) mass is 415 g/mol. The van der Waals surface area contributed by atoms with E-state index in [0.29, 0.717) is 17.8 Å². The third-order valence-electron chi connectivity index (χ3n) is 5.52. The Bertz CT molecular complexity index is 810. The highest BCUT2D eigenvalue weighted by Gasteiger charge is 2.32. The summed E-state index contributed by atoms with van der Waals surface area (Å²) in [4.78, 5) is 2.82. The second kappa shape index (κ2) is 6.58. The molecular formula is C22H26BrNO2. The highest BCUT2D eigenvalue weighted by Crippen LogP contribution is 2.43. The molecule has 2 unspecified atom stereocenters. The molecule has 0 saturated heterocycles. The molecule has 26 heavy (non-hydrogen) atoms. The van der Waals surface area contributed by atoms with Crippen LogP contribution in [0.5, 0.6) is 11.5 Å². The maximum atomic E-state index is 5.59. The van der Waals surface area contributed by atoms with E-state index in [9.17, 15) is 0 Å². The number of hydrogen-bond acceptors (Lipinski definition) is 3. The summed E-state index contributed by atoms with van der Waals surface area (Å²) < 4.78 is 11.1. The van der Waals surface area contributed by atoms with Crippen molar-refractivity contribution in [2.45, 2.75) is 57.1 Å². The second-order valence-corrected chi connectivity index (χ2v) is 9.40. The van der Waals surface area contributed by atoms with Crippen LogP contribution in [0.25, 0.3) is 0 Å². The lowest BCUT2D eigenvalue weighted by Crippen LogP contribution is -2.38. The van der Waals surface area contributed by atoms with Gasteiger partial charge >= 0.3 is 0 Å². The summed E-state index contributed by atoms with van der Waals surface area (Å²) in [6, 6.07) is 13.7. The van der Waals surface area contributed by atoms with E-state index in [-0.39, 0.29) is 5.41 Å². The Morgan fingerprint density at radius 3 is 2.38 bits per heavy atom. The van der Waals surface area contributed by atoms with Crippen molar-refractivity contribution in [1.82, 2.24) is 4.90 Å². The maximum absolute atomic E-state index is 5.59. The van der Waals surface area contributed by atoms with Crippen LogP contribution < -0.4 is 9.47 Å². The molecule has 4 rings (SSSR count). The van der Waals surface area contributed by atoms with Gasteiger partial charge in [0.2, 0.25) is 6.79 Å². The molecule has 4 heteroatoms. The van der Waals surface area contributed by atoms with Gasteiger partial charge in [0.05, 0.1) is 4.95 Å². The number of nitrogens with zero attached hydrogens (tertiary/aromatic N) is 1. The summed E-state index contributed by atoms with van der Waals surface area (Å²) in [5.74, 6) is 1.75. The SMILES string of the molecule is CC1c2cc3c(cc2CC(Br)N1Cc1ccc(C(C)(C)C)cc1)OCO3. The van der Waals surface area contributed by atoms with Gasteiger partial charge in [0.1, 0.15) is 0 Å². The molecule has 0 spiro atoms. The summed E-state index contributed by atoms with van der Waals surface area (Å²) in [6.45, 7) is 10.3. The quantitative estimate of drug-likeness (QED) is 0.473. The van der Waals surface area contributed by atoms with Crippen LogP contribution in [0.3, 0.4) is 0 Å². The van der Waals surface area contributed by atoms with Gasteiger partial charge in [-0.15, -0.1) is 0 Å². The van der Waals surface area contributed by atoms with Crippen molar-refractivity contribution in [3.05, 3.63) is 58.7 Å². The Labute approximate surface area is 164 Å². The van der Waals surface area contributed by atoms with Crippen LogP contribution in [0.15, 0.2) is 36.4 Å². The maximum Gasteiger partial charge on any atom is 0.231 e. The molecule has 2 atom stereocenters. The molecule has 2 aliphatic heterocycles. The van der Waals surface area contributed by atoms with Gasteiger partial charge in [-0.1, -0.05) is 61.0 Å². The number of alkyl halides is 1. The first kappa shape index (κ1) is 17.9. The molecule has 0 radical (unpaired) electrons. The molecule has 0 aromatic heterocycles. The molecule has 2 aromatic rings. The number of hydrogen-bond donors (Lipinski definition) is 0. The Hall–Kier alpha value is -1.52. The average molecular weight is 416 g/mol. The fraction of sp³-hybridized carbons (Fsp3) is 0.455. The molecule has 138 valence electrons. The summed E-state index contributed by atoms with van der Waals surface area (Å²) in [5, 5.41) is 0. The lowest BCUT2D eigenvalue weighted by atomic mass is 9.86. The highest BCUT2D eigenvalue weighted by molar-refractivity contribution is 9.09. The number of ether oxygens (including phenoxy) is 2. The third-order valence-corrected chi connectivity index (χ3v) is 6.37. The van der Waals surface area contributed by atoms with Crippen molar-refractivity contribution in [1.29, 1.82) is 0 Å². The van der Waals surface area contributed by atoms with Gasteiger partial charge in [-0.3, -0.25) is 4.90 Å². The summed E-state index contributed by atoms with van der Waals surface area (Å²) in [6.07, 6.45) is 0.969. The van der Waals surface area contributed by atoms with E-state index >= 15 is 0 Å². The minimum atomic E-state index is 0.191. The molecule has 3 nitrogen and oxygen atoms in total. The normalized spacial score (nSPS) is 22.3. The number of benzene rings is 2. The Balaban J connectivity index is 1.58. The molecular weight excluding hydrogens is 390 g/mol. The van der Waals surface area contributed by atoms with Crippen LogP contribution in [0.4, 0.5) is 0 Å². The molecule has 0 saturated carbocycles. The van der Waals surface area contributed by atoms with Gasteiger partial charge in [0, 0.05) is 12.6 Å². The summed E-state index contributed by atoms with van der Waals surface area (Å²) >= 11 is 3.90. The van der Waals surface area contributed by atoms with E-state index < -0.39 is 0 Å². The minimum absolute atomic E-state index is 0.191. The molecule has 2 heterocycles. The van der Waals surface area contributed by atoms with Crippen LogP contribution >= 0.6 is 15.9 Å². The van der Waals surface area contributed by atoms with Gasteiger partial charge < -0.3 is 9.47 Å². The number of fused-ring (bicyclic) bond motifs is 2. The lowest BCUT2D eigenvalue weighted by Gasteiger charge is -2.39. The topological polar surface area (TPSA) is 21.7 Å². The Morgan fingerprint density at radius 1 is 1.08 bits per heavy atom. The molecule has 0 amide bonds. The highest BCUT2D eigenvalue weighted by atomic mass is 79.9. The third kappa shape index (κ3) is 3.25. The fourth-order valence-electron chi connectivity index (χ4n) is 3.84. The first-order valence-electron chi connectivity index (χ1n) is 9.24. The van der Waals surface area contributed by atoms with Crippen molar-refractivity contribution >= 4 is 15.9 Å². The smallest absolute Gasteiger partial charge is 0.231 e. The predicted molar refractivity (Wildman–Crippen MR) is 108 cm³/mol. The Kier molecular flexibility index (Phi) is 4.52. The largest absolute Gasteiger partial charge is 0.454 e. The van der Waals surface area contributed by atoms with E-state index in [0.717, 1.165) is 24.5 Å². The molecule has 2 aliphatic rings. The molecule has 0 bridgehead atoms. The van der Waals surface area contributed by atoms with Gasteiger partial charge in [0.15, 0.2) is 11.5 Å². The van der Waals surface area contributed by atoms with Crippen LogP contribution in [-0.4, -0.2) is 16.6 Å². The molecule has 0 aliphatic carbocycles. The van der Waals surface area contributed by atoms with Crippen molar-refractivity contribution < 1.29 is 9.47 Å². The Morgan fingerprint density at radius 2 is 1.73 bits per heavy atom. The second-order valence-electron chi connectivity index (χ2n) is 8.34. The number of rotatable bonds is 2. The van der Waals surface area contributed by atoms with Gasteiger partial charge in [-0.05, 0) is 53.1 Å². The van der Waals surface area contributed by atoms with E-state index in [4.69, 9.17) is 9.47 Å². The van der Waals surface area contributed by atoms with Gasteiger partial charge in [-0.2, -0.15) is 0 Å². The van der Waals surface area contributed by atoms with Crippen LogP contribution in [0.1, 0.15) is 56.0 Å². The first-order valence-corrected chi connectivity index (χ1v) is 10.2. The van der Waals surface area contributed by atoms with Crippen LogP contribution in [0, 0.1) is 0 Å². The molecule has 2 aromatic carbocycles. The van der Waals surface area contributed by atoms with E-state index in [2.05, 4.69) is 84.9 Å². The zero-order chi connectivity index (χ0) is 18.5. The average Bonchev–Trinajstić information content (AvgIpc) is 3.04. The van der Waals surface area contributed by atoms with E-state index in [1.807, 2.05) is 0 Å². The number of halogens is 1. The van der Waals surface area contributed by atoms with Crippen LogP contribution in [-0.2, 0) is 18.4 Å². The minimum Gasteiger partial charge on any atom is -0.454 e. The summed E-state index contributed by atoms with van der Waals surface area (Å²) in [5.41, 5.74) is 5.61. The predicted octanol–water partition coefficient (Wildman–Crippen LogP) is 5.55. The van der Waals surface area contributed by atoms with Crippen molar-refractivity contribution in [3.63, 3.8) is 0 Å². The lowest BCUT2D eigenvalue weighted by molar-refractivity contribution is 0.172. The van der Waals surface area contributed by atoms with E-state index in [1.54, 1.807) is 0 Å². The zero-order valence-corrected chi connectivity index (χ0v) is 17.5. The molecule has 0 fully saturated rings. The van der Waals surface area contributed by atoms with Crippen molar-refractivity contribution in [2.75, 3.05) is 6.79 Å². The van der Waals surface area contributed by atoms with Crippen molar-refractivity contribution in [2.24, 2.45) is 0 Å². The van der Waals surface area contributed by atoms with Crippen LogP contribution in [0.2, 0.25) is 0 Å². The zero-order valence-electron chi connectivity index (χ0n) is 15.9. The summed E-state index contributed by atoms with van der Waals surface area (Å²) in [7, 11) is 0. The van der Waals surface area contributed by atoms with E-state index in [1.165, 1.54) is 22.3 Å². The standard InChI is InChI=1S/C22H26BrNO2/c1-14-18-11-20-19(25-13-26-20)9-16(18)10-21(23)24(14)12-15-5-7-17(8-6-15)22(2,3)4/h5-9,11,14,21H,10,12-13H2,1-4H3. The first-order chi connectivity index (χ1) is 12.3. The van der Waals surface area contributed by atoms with Gasteiger partial charge in [-0.25, -0.2) is 0 Å². The fourth-order valence-corrected chi connectivity index (χ4v) is 4.69. The van der Waals surface area contributed by atoms with Gasteiger partial charge in [0.25, 0.3) is 0 Å².